The summed E-state index contributed by atoms with van der Waals surface area (Å²) in [6.45, 7) is 5.75. The van der Waals surface area contributed by atoms with E-state index in [-0.39, 0.29) is 0 Å². The fraction of sp³-hybridized carbons (Fsp3) is 0.727. The summed E-state index contributed by atoms with van der Waals surface area (Å²) in [6, 6.07) is 0. The van der Waals surface area contributed by atoms with Gasteiger partial charge in [0.05, 0.1) is 12.2 Å². The van der Waals surface area contributed by atoms with Gasteiger partial charge in [-0.3, -0.25) is 4.90 Å². The van der Waals surface area contributed by atoms with Gasteiger partial charge in [0.1, 0.15) is 5.01 Å². The zero-order valence-electron chi connectivity index (χ0n) is 9.13. The van der Waals surface area contributed by atoms with E-state index in [9.17, 15) is 0 Å². The van der Waals surface area contributed by atoms with Crippen molar-refractivity contribution >= 4 is 27.3 Å². The van der Waals surface area contributed by atoms with Crippen molar-refractivity contribution in [1.82, 2.24) is 9.88 Å². The van der Waals surface area contributed by atoms with Crippen LogP contribution in [0.2, 0.25) is 0 Å². The average molecular weight is 289 g/mol. The van der Waals surface area contributed by atoms with Crippen LogP contribution in [0.25, 0.3) is 0 Å². The number of halogens is 1. The van der Waals surface area contributed by atoms with E-state index >= 15 is 0 Å². The Balaban J connectivity index is 2.04. The van der Waals surface area contributed by atoms with Crippen LogP contribution in [0.15, 0.2) is 0 Å². The molecule has 0 bridgehead atoms. The Morgan fingerprint density at radius 3 is 2.67 bits per heavy atom. The first-order valence-electron chi connectivity index (χ1n) is 5.59. The largest absolute Gasteiger partial charge is 0.297 e. The van der Waals surface area contributed by atoms with E-state index < -0.39 is 0 Å². The van der Waals surface area contributed by atoms with Crippen LogP contribution >= 0.6 is 27.3 Å². The summed E-state index contributed by atoms with van der Waals surface area (Å²) in [7, 11) is 0. The van der Waals surface area contributed by atoms with E-state index in [0.29, 0.717) is 0 Å². The maximum absolute atomic E-state index is 4.71. The van der Waals surface area contributed by atoms with Crippen molar-refractivity contribution in [3.8, 4) is 0 Å². The Bertz CT molecular complexity index is 297. The van der Waals surface area contributed by atoms with Gasteiger partial charge in [-0.2, -0.15) is 0 Å². The lowest BCUT2D eigenvalue weighted by atomic mass is 10.3. The van der Waals surface area contributed by atoms with Crippen LogP contribution < -0.4 is 0 Å². The first-order valence-corrected chi connectivity index (χ1v) is 7.53. The van der Waals surface area contributed by atoms with Crippen molar-refractivity contribution in [3.05, 3.63) is 15.6 Å². The fourth-order valence-corrected chi connectivity index (χ4v) is 3.73. The molecule has 0 aromatic carbocycles. The molecule has 0 amide bonds. The van der Waals surface area contributed by atoms with Gasteiger partial charge in [-0.25, -0.2) is 4.98 Å². The third kappa shape index (κ3) is 2.80. The number of hydrogen-bond acceptors (Lipinski definition) is 3. The molecule has 0 aliphatic carbocycles. The number of aromatic nitrogens is 1. The standard InChI is InChI=1S/C11H17BrN2S/c1-2-9-10(7-12)15-11(13-9)8-14-5-3-4-6-14/h2-8H2,1H3. The Kier molecular flexibility index (Phi) is 4.17. The maximum Gasteiger partial charge on any atom is 0.107 e. The van der Waals surface area contributed by atoms with Gasteiger partial charge in [-0.15, -0.1) is 11.3 Å². The van der Waals surface area contributed by atoms with E-state index in [1.54, 1.807) is 0 Å². The van der Waals surface area contributed by atoms with Crippen LogP contribution in [0, 0.1) is 0 Å². The van der Waals surface area contributed by atoms with E-state index in [0.717, 1.165) is 18.3 Å². The molecule has 0 unspecified atom stereocenters. The monoisotopic (exact) mass is 288 g/mol. The lowest BCUT2D eigenvalue weighted by Crippen LogP contribution is -2.18. The molecule has 1 aromatic rings. The van der Waals surface area contributed by atoms with Crippen molar-refractivity contribution in [1.29, 1.82) is 0 Å². The van der Waals surface area contributed by atoms with Crippen molar-refractivity contribution in [2.45, 2.75) is 38.1 Å². The molecule has 1 aromatic heterocycles. The fourth-order valence-electron chi connectivity index (χ4n) is 2.02. The molecule has 2 rings (SSSR count). The van der Waals surface area contributed by atoms with E-state index in [4.69, 9.17) is 4.98 Å². The molecule has 1 aliphatic heterocycles. The Hall–Kier alpha value is 0.0700. The highest BCUT2D eigenvalue weighted by molar-refractivity contribution is 9.08. The Labute approximate surface area is 104 Å². The summed E-state index contributed by atoms with van der Waals surface area (Å²) in [5, 5.41) is 2.25. The van der Waals surface area contributed by atoms with Gasteiger partial charge in [-0.05, 0) is 32.4 Å². The number of aryl methyl sites for hydroxylation is 1. The van der Waals surface area contributed by atoms with Gasteiger partial charge < -0.3 is 0 Å². The minimum Gasteiger partial charge on any atom is -0.297 e. The molecule has 4 heteroatoms. The van der Waals surface area contributed by atoms with Crippen LogP contribution in [0.5, 0.6) is 0 Å². The summed E-state index contributed by atoms with van der Waals surface area (Å²) < 4.78 is 0. The van der Waals surface area contributed by atoms with Crippen molar-refractivity contribution in [2.75, 3.05) is 13.1 Å². The Morgan fingerprint density at radius 1 is 1.40 bits per heavy atom. The molecule has 0 saturated carbocycles. The normalized spacial score (nSPS) is 17.5. The van der Waals surface area contributed by atoms with Crippen LogP contribution in [0.3, 0.4) is 0 Å². The molecular weight excluding hydrogens is 272 g/mol. The van der Waals surface area contributed by atoms with E-state index in [1.807, 2.05) is 11.3 Å². The quantitative estimate of drug-likeness (QED) is 0.791. The molecule has 1 saturated heterocycles. The van der Waals surface area contributed by atoms with Gasteiger partial charge in [0.15, 0.2) is 0 Å². The first kappa shape index (κ1) is 11.6. The molecule has 2 heterocycles. The van der Waals surface area contributed by atoms with Crippen LogP contribution in [-0.2, 0) is 18.3 Å². The number of alkyl halides is 1. The molecule has 0 atom stereocenters. The molecule has 1 fully saturated rings. The number of likely N-dealkylation sites (tertiary alicyclic amines) is 1. The summed E-state index contributed by atoms with van der Waals surface area (Å²) >= 11 is 5.40. The molecule has 0 N–H and O–H groups in total. The van der Waals surface area contributed by atoms with Crippen molar-refractivity contribution < 1.29 is 0 Å². The lowest BCUT2D eigenvalue weighted by molar-refractivity contribution is 0.330. The Morgan fingerprint density at radius 2 is 2.13 bits per heavy atom. The summed E-state index contributed by atoms with van der Waals surface area (Å²) in [6.07, 6.45) is 3.77. The molecule has 15 heavy (non-hydrogen) atoms. The minimum absolute atomic E-state index is 0.952. The van der Waals surface area contributed by atoms with Gasteiger partial charge in [0, 0.05) is 10.2 Å². The predicted molar refractivity (Wildman–Crippen MR) is 68.6 cm³/mol. The second kappa shape index (κ2) is 5.41. The summed E-state index contributed by atoms with van der Waals surface area (Å²) in [5.41, 5.74) is 1.28. The van der Waals surface area contributed by atoms with Gasteiger partial charge >= 0.3 is 0 Å². The summed E-state index contributed by atoms with van der Waals surface area (Å²) in [5.74, 6) is 0. The summed E-state index contributed by atoms with van der Waals surface area (Å²) in [4.78, 5) is 8.63. The van der Waals surface area contributed by atoms with Gasteiger partial charge in [0.2, 0.25) is 0 Å². The van der Waals surface area contributed by atoms with Gasteiger partial charge in [-0.1, -0.05) is 22.9 Å². The van der Waals surface area contributed by atoms with Crippen LogP contribution in [-0.4, -0.2) is 23.0 Å². The van der Waals surface area contributed by atoms with E-state index in [2.05, 4.69) is 27.8 Å². The third-order valence-corrected chi connectivity index (χ3v) is 4.85. The number of nitrogens with zero attached hydrogens (tertiary/aromatic N) is 2. The van der Waals surface area contributed by atoms with Crippen molar-refractivity contribution in [2.24, 2.45) is 0 Å². The molecule has 0 spiro atoms. The maximum atomic E-state index is 4.71. The number of hydrogen-bond donors (Lipinski definition) is 0. The topological polar surface area (TPSA) is 16.1 Å². The van der Waals surface area contributed by atoms with E-state index in [1.165, 1.54) is 41.5 Å². The number of rotatable bonds is 4. The smallest absolute Gasteiger partial charge is 0.107 e. The molecule has 1 aliphatic rings. The number of thiazole rings is 1. The zero-order valence-corrected chi connectivity index (χ0v) is 11.5. The minimum atomic E-state index is 0.952. The zero-order chi connectivity index (χ0) is 10.7. The third-order valence-electron chi connectivity index (χ3n) is 2.84. The predicted octanol–water partition coefficient (Wildman–Crippen LogP) is 3.20. The highest BCUT2D eigenvalue weighted by atomic mass is 79.9. The molecular formula is C11H17BrN2S. The highest BCUT2D eigenvalue weighted by Gasteiger charge is 2.15. The SMILES string of the molecule is CCc1nc(CN2CCCC2)sc1CBr. The molecule has 84 valence electrons. The van der Waals surface area contributed by atoms with Crippen LogP contribution in [0.4, 0.5) is 0 Å². The first-order chi connectivity index (χ1) is 7.33. The second-order valence-corrected chi connectivity index (χ2v) is 5.68. The highest BCUT2D eigenvalue weighted by Crippen LogP contribution is 2.24. The molecule has 2 nitrogen and oxygen atoms in total. The van der Waals surface area contributed by atoms with Crippen molar-refractivity contribution in [3.63, 3.8) is 0 Å². The van der Waals surface area contributed by atoms with Gasteiger partial charge in [0.25, 0.3) is 0 Å². The average Bonchev–Trinajstić information content (AvgIpc) is 2.87. The molecule has 0 radical (unpaired) electrons. The van der Waals surface area contributed by atoms with Crippen LogP contribution in [0.1, 0.15) is 35.3 Å². The second-order valence-electron chi connectivity index (χ2n) is 3.95. The lowest BCUT2D eigenvalue weighted by Gasteiger charge is -2.11.